The van der Waals surface area contributed by atoms with Gasteiger partial charge in [-0.3, -0.25) is 9.69 Å². The second-order valence-corrected chi connectivity index (χ2v) is 6.46. The SMILES string of the molecule is CCN(CC)C1(C(=O)Cc2ccccc2Br)CCCC1. The van der Waals surface area contributed by atoms with E-state index < -0.39 is 0 Å². The van der Waals surface area contributed by atoms with Gasteiger partial charge >= 0.3 is 0 Å². The zero-order valence-corrected chi connectivity index (χ0v) is 14.1. The maximum absolute atomic E-state index is 13.0. The molecule has 1 aromatic carbocycles. The molecule has 0 unspecified atom stereocenters. The first-order valence-corrected chi connectivity index (χ1v) is 8.45. The summed E-state index contributed by atoms with van der Waals surface area (Å²) in [6, 6.07) is 8.06. The van der Waals surface area contributed by atoms with E-state index in [1.54, 1.807) is 0 Å². The number of hydrogen-bond acceptors (Lipinski definition) is 2. The van der Waals surface area contributed by atoms with Crippen molar-refractivity contribution in [1.82, 2.24) is 4.90 Å². The summed E-state index contributed by atoms with van der Waals surface area (Å²) in [6.45, 7) is 6.24. The number of carbonyl (C=O) groups excluding carboxylic acids is 1. The van der Waals surface area contributed by atoms with Crippen LogP contribution >= 0.6 is 15.9 Å². The molecule has 1 aromatic rings. The number of rotatable bonds is 6. The molecule has 1 fully saturated rings. The Morgan fingerprint density at radius 2 is 1.80 bits per heavy atom. The third-order valence-electron chi connectivity index (χ3n) is 4.63. The highest BCUT2D eigenvalue weighted by Gasteiger charge is 2.44. The van der Waals surface area contributed by atoms with Crippen LogP contribution in [0.4, 0.5) is 0 Å². The zero-order chi connectivity index (χ0) is 14.6. The van der Waals surface area contributed by atoms with Crippen LogP contribution in [0.2, 0.25) is 0 Å². The predicted molar refractivity (Wildman–Crippen MR) is 87.0 cm³/mol. The van der Waals surface area contributed by atoms with Crippen molar-refractivity contribution in [3.63, 3.8) is 0 Å². The van der Waals surface area contributed by atoms with Crippen LogP contribution < -0.4 is 0 Å². The number of hydrogen-bond donors (Lipinski definition) is 0. The van der Waals surface area contributed by atoms with Gasteiger partial charge in [0.05, 0.1) is 5.54 Å². The summed E-state index contributed by atoms with van der Waals surface area (Å²) in [5, 5.41) is 0. The Morgan fingerprint density at radius 1 is 1.20 bits per heavy atom. The van der Waals surface area contributed by atoms with E-state index in [1.165, 1.54) is 12.8 Å². The third kappa shape index (κ3) is 2.99. The number of halogens is 1. The molecule has 1 aliphatic rings. The summed E-state index contributed by atoms with van der Waals surface area (Å²) in [5.41, 5.74) is 0.898. The van der Waals surface area contributed by atoms with Crippen molar-refractivity contribution in [3.05, 3.63) is 34.3 Å². The van der Waals surface area contributed by atoms with Gasteiger partial charge in [-0.2, -0.15) is 0 Å². The number of carbonyl (C=O) groups is 1. The van der Waals surface area contributed by atoms with Crippen molar-refractivity contribution < 1.29 is 4.79 Å². The van der Waals surface area contributed by atoms with Crippen LogP contribution in [0.1, 0.15) is 45.1 Å². The normalized spacial score (nSPS) is 17.6. The molecule has 0 heterocycles. The fraction of sp³-hybridized carbons (Fsp3) is 0.588. The molecule has 2 nitrogen and oxygen atoms in total. The predicted octanol–water partition coefficient (Wildman–Crippen LogP) is 4.22. The Labute approximate surface area is 130 Å². The van der Waals surface area contributed by atoms with Crippen LogP contribution in [0.3, 0.4) is 0 Å². The van der Waals surface area contributed by atoms with Gasteiger partial charge in [0.25, 0.3) is 0 Å². The highest BCUT2D eigenvalue weighted by Crippen LogP contribution is 2.37. The van der Waals surface area contributed by atoms with Crippen molar-refractivity contribution in [1.29, 1.82) is 0 Å². The largest absolute Gasteiger partial charge is 0.297 e. The van der Waals surface area contributed by atoms with E-state index in [4.69, 9.17) is 0 Å². The lowest BCUT2D eigenvalue weighted by Gasteiger charge is -2.39. The van der Waals surface area contributed by atoms with E-state index in [9.17, 15) is 4.79 Å². The summed E-state index contributed by atoms with van der Waals surface area (Å²) in [4.78, 5) is 15.4. The molecule has 0 aliphatic heterocycles. The molecule has 3 heteroatoms. The molecule has 0 amide bonds. The summed E-state index contributed by atoms with van der Waals surface area (Å²) < 4.78 is 1.04. The average molecular weight is 338 g/mol. The molecule has 0 saturated heterocycles. The number of likely N-dealkylation sites (N-methyl/N-ethyl adjacent to an activating group) is 1. The van der Waals surface area contributed by atoms with Crippen molar-refractivity contribution in [3.8, 4) is 0 Å². The summed E-state index contributed by atoms with van der Waals surface area (Å²) in [5.74, 6) is 0.394. The summed E-state index contributed by atoms with van der Waals surface area (Å²) in [7, 11) is 0. The first-order chi connectivity index (χ1) is 9.64. The van der Waals surface area contributed by atoms with E-state index in [0.717, 1.165) is 36.0 Å². The van der Waals surface area contributed by atoms with Gasteiger partial charge < -0.3 is 0 Å². The first-order valence-electron chi connectivity index (χ1n) is 7.65. The Balaban J connectivity index is 2.22. The fourth-order valence-corrected chi connectivity index (χ4v) is 3.96. The van der Waals surface area contributed by atoms with Gasteiger partial charge in [-0.05, 0) is 37.6 Å². The molecular weight excluding hydrogens is 314 g/mol. The van der Waals surface area contributed by atoms with E-state index in [0.29, 0.717) is 12.2 Å². The molecule has 0 aromatic heterocycles. The lowest BCUT2D eigenvalue weighted by molar-refractivity contribution is -0.130. The third-order valence-corrected chi connectivity index (χ3v) is 5.40. The minimum atomic E-state index is -0.210. The molecule has 0 radical (unpaired) electrons. The topological polar surface area (TPSA) is 20.3 Å². The first kappa shape index (κ1) is 15.7. The Bertz CT molecular complexity index is 462. The van der Waals surface area contributed by atoms with Gasteiger partial charge in [0.2, 0.25) is 0 Å². The zero-order valence-electron chi connectivity index (χ0n) is 12.5. The van der Waals surface area contributed by atoms with Crippen LogP contribution in [-0.2, 0) is 11.2 Å². The van der Waals surface area contributed by atoms with E-state index in [2.05, 4.69) is 34.7 Å². The van der Waals surface area contributed by atoms with Gasteiger partial charge in [0.1, 0.15) is 0 Å². The second-order valence-electron chi connectivity index (χ2n) is 5.60. The van der Waals surface area contributed by atoms with Crippen LogP contribution in [-0.4, -0.2) is 29.3 Å². The number of ketones is 1. The number of Topliss-reactive ketones (excluding diaryl/α,β-unsaturated/α-hetero) is 1. The van der Waals surface area contributed by atoms with E-state index in [1.807, 2.05) is 24.3 Å². The van der Waals surface area contributed by atoms with Crippen LogP contribution in [0.5, 0.6) is 0 Å². The molecule has 20 heavy (non-hydrogen) atoms. The lowest BCUT2D eigenvalue weighted by Crippen LogP contribution is -2.53. The number of benzene rings is 1. The molecule has 0 spiro atoms. The molecule has 2 rings (SSSR count). The highest BCUT2D eigenvalue weighted by atomic mass is 79.9. The molecule has 0 atom stereocenters. The van der Waals surface area contributed by atoms with E-state index >= 15 is 0 Å². The smallest absolute Gasteiger partial charge is 0.157 e. The highest BCUT2D eigenvalue weighted by molar-refractivity contribution is 9.10. The van der Waals surface area contributed by atoms with Crippen molar-refractivity contribution in [2.24, 2.45) is 0 Å². The van der Waals surface area contributed by atoms with E-state index in [-0.39, 0.29) is 5.54 Å². The Hall–Kier alpha value is -0.670. The molecular formula is C17H24BrNO. The lowest BCUT2D eigenvalue weighted by atomic mass is 9.86. The molecule has 1 aliphatic carbocycles. The Kier molecular flexibility index (Phi) is 5.39. The molecule has 0 bridgehead atoms. The number of nitrogens with zero attached hydrogens (tertiary/aromatic N) is 1. The monoisotopic (exact) mass is 337 g/mol. The minimum Gasteiger partial charge on any atom is -0.297 e. The summed E-state index contributed by atoms with van der Waals surface area (Å²) in [6.07, 6.45) is 4.95. The molecule has 0 N–H and O–H groups in total. The van der Waals surface area contributed by atoms with Crippen molar-refractivity contribution in [2.75, 3.05) is 13.1 Å². The van der Waals surface area contributed by atoms with Gasteiger partial charge in [0.15, 0.2) is 5.78 Å². The maximum Gasteiger partial charge on any atom is 0.157 e. The quantitative estimate of drug-likeness (QED) is 0.774. The fourth-order valence-electron chi connectivity index (χ4n) is 3.54. The Morgan fingerprint density at radius 3 is 2.35 bits per heavy atom. The van der Waals surface area contributed by atoms with Crippen LogP contribution in [0.15, 0.2) is 28.7 Å². The van der Waals surface area contributed by atoms with Crippen LogP contribution in [0.25, 0.3) is 0 Å². The summed E-state index contributed by atoms with van der Waals surface area (Å²) >= 11 is 3.56. The van der Waals surface area contributed by atoms with Crippen LogP contribution in [0, 0.1) is 0 Å². The minimum absolute atomic E-state index is 0.210. The standard InChI is InChI=1S/C17H24BrNO/c1-3-19(4-2)17(11-7-8-12-17)16(20)13-14-9-5-6-10-15(14)18/h5-6,9-10H,3-4,7-8,11-13H2,1-2H3. The van der Waals surface area contributed by atoms with Gasteiger partial charge in [0, 0.05) is 10.9 Å². The molecule has 1 saturated carbocycles. The van der Waals surface area contributed by atoms with Crippen molar-refractivity contribution in [2.45, 2.75) is 51.5 Å². The van der Waals surface area contributed by atoms with Gasteiger partial charge in [-0.25, -0.2) is 0 Å². The average Bonchev–Trinajstić information content (AvgIpc) is 2.93. The maximum atomic E-state index is 13.0. The van der Waals surface area contributed by atoms with Crippen molar-refractivity contribution >= 4 is 21.7 Å². The van der Waals surface area contributed by atoms with Gasteiger partial charge in [-0.15, -0.1) is 0 Å². The van der Waals surface area contributed by atoms with Gasteiger partial charge in [-0.1, -0.05) is 60.8 Å². The molecule has 110 valence electrons. The second kappa shape index (κ2) is 6.86.